The van der Waals surface area contributed by atoms with Crippen LogP contribution in [0.2, 0.25) is 0 Å². The normalized spacial score (nSPS) is 12.2. The monoisotopic (exact) mass is 623 g/mol. The van der Waals surface area contributed by atoms with E-state index in [2.05, 4.69) is 32.9 Å². The van der Waals surface area contributed by atoms with Gasteiger partial charge in [0.15, 0.2) is 6.10 Å². The molecular formula is C39H74O5. The summed E-state index contributed by atoms with van der Waals surface area (Å²) in [5.41, 5.74) is 0. The zero-order valence-electron chi connectivity index (χ0n) is 29.7. The maximum Gasteiger partial charge on any atom is 0.306 e. The fraction of sp³-hybridized carbons (Fsp3) is 0.897. The highest BCUT2D eigenvalue weighted by molar-refractivity contribution is 5.70. The number of unbranched alkanes of at least 4 members (excludes halogenated alkanes) is 22. The van der Waals surface area contributed by atoms with Crippen LogP contribution in [0, 0.1) is 0 Å². The second-order valence-corrected chi connectivity index (χ2v) is 12.8. The third-order valence-electron chi connectivity index (χ3n) is 8.30. The Morgan fingerprint density at radius 1 is 0.477 bits per heavy atom. The maximum absolute atomic E-state index is 12.4. The van der Waals surface area contributed by atoms with Gasteiger partial charge in [0.1, 0.15) is 6.61 Å². The summed E-state index contributed by atoms with van der Waals surface area (Å²) in [5, 5.41) is 0. The van der Waals surface area contributed by atoms with Crippen LogP contribution in [0.5, 0.6) is 0 Å². The molecule has 0 radical (unpaired) electrons. The van der Waals surface area contributed by atoms with E-state index in [-0.39, 0.29) is 25.2 Å². The van der Waals surface area contributed by atoms with Crippen LogP contribution < -0.4 is 0 Å². The molecule has 0 heterocycles. The van der Waals surface area contributed by atoms with Crippen LogP contribution in [-0.2, 0) is 23.8 Å². The summed E-state index contributed by atoms with van der Waals surface area (Å²) in [6.07, 6.45) is 36.5. The molecule has 5 nitrogen and oxygen atoms in total. The molecule has 0 N–H and O–H groups in total. The van der Waals surface area contributed by atoms with Crippen molar-refractivity contribution in [1.29, 1.82) is 0 Å². The summed E-state index contributed by atoms with van der Waals surface area (Å²) in [7, 11) is 0. The van der Waals surface area contributed by atoms with Gasteiger partial charge >= 0.3 is 11.9 Å². The molecular weight excluding hydrogens is 548 g/mol. The van der Waals surface area contributed by atoms with Gasteiger partial charge in [0.2, 0.25) is 0 Å². The quantitative estimate of drug-likeness (QED) is 0.0400. The lowest BCUT2D eigenvalue weighted by Crippen LogP contribution is -2.30. The van der Waals surface area contributed by atoms with E-state index in [1.165, 1.54) is 122 Å². The Bertz CT molecular complexity index is 632. The highest BCUT2D eigenvalue weighted by atomic mass is 16.6. The lowest BCUT2D eigenvalue weighted by atomic mass is 10.1. The average molecular weight is 623 g/mol. The van der Waals surface area contributed by atoms with Gasteiger partial charge in [-0.3, -0.25) is 9.59 Å². The molecule has 1 atom stereocenters. The third-order valence-corrected chi connectivity index (χ3v) is 8.30. The lowest BCUT2D eigenvalue weighted by molar-refractivity contribution is -0.163. The molecule has 260 valence electrons. The summed E-state index contributed by atoms with van der Waals surface area (Å²) in [6, 6.07) is 0. The molecule has 44 heavy (non-hydrogen) atoms. The van der Waals surface area contributed by atoms with Crippen molar-refractivity contribution in [2.45, 2.75) is 207 Å². The van der Waals surface area contributed by atoms with Gasteiger partial charge in [0.25, 0.3) is 0 Å². The fourth-order valence-corrected chi connectivity index (χ4v) is 5.37. The number of hydrogen-bond acceptors (Lipinski definition) is 5. The molecule has 5 heteroatoms. The van der Waals surface area contributed by atoms with Crippen molar-refractivity contribution >= 4 is 11.9 Å². The molecule has 1 unspecified atom stereocenters. The van der Waals surface area contributed by atoms with Crippen molar-refractivity contribution in [3.05, 3.63) is 12.2 Å². The third kappa shape index (κ3) is 33.5. The summed E-state index contributed by atoms with van der Waals surface area (Å²) >= 11 is 0. The van der Waals surface area contributed by atoms with Gasteiger partial charge in [-0.25, -0.2) is 0 Å². The Kier molecular flexibility index (Phi) is 35.0. The predicted octanol–water partition coefficient (Wildman–Crippen LogP) is 12.0. The minimum atomic E-state index is -0.523. The second kappa shape index (κ2) is 36.1. The van der Waals surface area contributed by atoms with Gasteiger partial charge in [-0.1, -0.05) is 161 Å². The highest BCUT2D eigenvalue weighted by Crippen LogP contribution is 2.13. The Morgan fingerprint density at radius 2 is 0.909 bits per heavy atom. The molecule has 0 amide bonds. The van der Waals surface area contributed by atoms with Crippen LogP contribution >= 0.6 is 0 Å². The van der Waals surface area contributed by atoms with Crippen LogP contribution in [0.25, 0.3) is 0 Å². The van der Waals surface area contributed by atoms with Crippen molar-refractivity contribution < 1.29 is 23.8 Å². The van der Waals surface area contributed by atoms with Crippen molar-refractivity contribution in [2.75, 3.05) is 19.8 Å². The molecule has 0 fully saturated rings. The number of hydrogen-bond donors (Lipinski definition) is 0. The Balaban J connectivity index is 4.10. The van der Waals surface area contributed by atoms with Gasteiger partial charge in [-0.2, -0.15) is 0 Å². The number of rotatable bonds is 35. The number of esters is 2. The Hall–Kier alpha value is -1.36. The summed E-state index contributed by atoms with van der Waals surface area (Å²) in [5.74, 6) is -0.408. The number of allylic oxidation sites excluding steroid dienone is 2. The average Bonchev–Trinajstić information content (AvgIpc) is 3.02. The topological polar surface area (TPSA) is 61.8 Å². The Labute approximate surface area is 274 Å². The van der Waals surface area contributed by atoms with E-state index in [1.807, 2.05) is 0 Å². The zero-order chi connectivity index (χ0) is 32.2. The molecule has 0 aromatic rings. The summed E-state index contributed by atoms with van der Waals surface area (Å²) in [6.45, 7) is 7.71. The largest absolute Gasteiger partial charge is 0.462 e. The van der Waals surface area contributed by atoms with E-state index >= 15 is 0 Å². The van der Waals surface area contributed by atoms with E-state index in [0.29, 0.717) is 19.4 Å². The summed E-state index contributed by atoms with van der Waals surface area (Å²) in [4.78, 5) is 24.8. The lowest BCUT2D eigenvalue weighted by Gasteiger charge is -2.18. The van der Waals surface area contributed by atoms with Crippen LogP contribution in [0.3, 0.4) is 0 Å². The van der Waals surface area contributed by atoms with E-state index in [4.69, 9.17) is 14.2 Å². The van der Waals surface area contributed by atoms with Gasteiger partial charge < -0.3 is 14.2 Å². The number of carbonyl (C=O) groups is 2. The second-order valence-electron chi connectivity index (χ2n) is 12.8. The first kappa shape index (κ1) is 42.6. The smallest absolute Gasteiger partial charge is 0.306 e. The first-order chi connectivity index (χ1) is 21.6. The van der Waals surface area contributed by atoms with Gasteiger partial charge in [0, 0.05) is 19.4 Å². The molecule has 0 saturated heterocycles. The minimum Gasteiger partial charge on any atom is -0.462 e. The molecule has 0 spiro atoms. The maximum atomic E-state index is 12.4. The van der Waals surface area contributed by atoms with Gasteiger partial charge in [0.05, 0.1) is 6.61 Å². The zero-order valence-corrected chi connectivity index (χ0v) is 29.7. The fourth-order valence-electron chi connectivity index (χ4n) is 5.37. The Morgan fingerprint density at radius 3 is 1.45 bits per heavy atom. The van der Waals surface area contributed by atoms with Crippen LogP contribution in [-0.4, -0.2) is 37.9 Å². The molecule has 0 aliphatic rings. The number of carbonyl (C=O) groups excluding carboxylic acids is 2. The molecule has 0 aromatic heterocycles. The first-order valence-electron chi connectivity index (χ1n) is 19.2. The van der Waals surface area contributed by atoms with Crippen LogP contribution in [0.1, 0.15) is 201 Å². The molecule has 0 saturated carbocycles. The molecule has 0 bridgehead atoms. The molecule has 0 rings (SSSR count). The number of ether oxygens (including phenoxy) is 3. The van der Waals surface area contributed by atoms with E-state index in [1.54, 1.807) is 0 Å². The minimum absolute atomic E-state index is 0.0886. The van der Waals surface area contributed by atoms with Crippen LogP contribution in [0.15, 0.2) is 12.2 Å². The standard InChI is InChI=1S/C39H74O5/c1-4-7-10-13-15-17-19-21-23-25-28-31-34-42-35-37(44-39(41)33-30-26-12-9-6-3)36-43-38(40)32-29-27-24-22-20-18-16-14-11-8-5-2/h13,15,37H,4-12,14,16-36H2,1-3H3/b15-13-. The van der Waals surface area contributed by atoms with E-state index < -0.39 is 6.10 Å². The molecule has 0 aliphatic heterocycles. The first-order valence-corrected chi connectivity index (χ1v) is 19.2. The summed E-state index contributed by atoms with van der Waals surface area (Å²) < 4.78 is 17.1. The van der Waals surface area contributed by atoms with Gasteiger partial charge in [-0.05, 0) is 38.5 Å². The van der Waals surface area contributed by atoms with Crippen molar-refractivity contribution in [3.8, 4) is 0 Å². The highest BCUT2D eigenvalue weighted by Gasteiger charge is 2.17. The van der Waals surface area contributed by atoms with Crippen molar-refractivity contribution in [1.82, 2.24) is 0 Å². The van der Waals surface area contributed by atoms with E-state index in [9.17, 15) is 9.59 Å². The SMILES string of the molecule is CCCC/C=C\CCCCCCCCOCC(COC(=O)CCCCCCCCCCCCC)OC(=O)CCCCCCC. The van der Waals surface area contributed by atoms with Crippen molar-refractivity contribution in [3.63, 3.8) is 0 Å². The van der Waals surface area contributed by atoms with E-state index in [0.717, 1.165) is 44.9 Å². The predicted molar refractivity (Wildman–Crippen MR) is 187 cm³/mol. The van der Waals surface area contributed by atoms with Crippen molar-refractivity contribution in [2.24, 2.45) is 0 Å². The molecule has 0 aliphatic carbocycles. The molecule has 0 aromatic carbocycles. The van der Waals surface area contributed by atoms with Gasteiger partial charge in [-0.15, -0.1) is 0 Å². The van der Waals surface area contributed by atoms with Crippen LogP contribution in [0.4, 0.5) is 0 Å².